The molecule has 1 aliphatic carbocycles. The van der Waals surface area contributed by atoms with Crippen LogP contribution in [-0.2, 0) is 11.3 Å². The van der Waals surface area contributed by atoms with Gasteiger partial charge in [0.25, 0.3) is 5.56 Å². The average molecular weight is 376 g/mol. The lowest BCUT2D eigenvalue weighted by molar-refractivity contribution is 0.0797. The predicted octanol–water partition coefficient (Wildman–Crippen LogP) is 2.03. The van der Waals surface area contributed by atoms with Crippen LogP contribution in [0.25, 0.3) is 11.0 Å². The van der Waals surface area contributed by atoms with Crippen molar-refractivity contribution < 1.29 is 9.13 Å². The van der Waals surface area contributed by atoms with E-state index in [0.717, 1.165) is 0 Å². The Morgan fingerprint density at radius 2 is 2.15 bits per heavy atom. The van der Waals surface area contributed by atoms with Gasteiger partial charge in [-0.15, -0.1) is 5.10 Å². The number of halogens is 2. The highest BCUT2D eigenvalue weighted by molar-refractivity contribution is 6.33. The standard InChI is InChI=1S/C17H15ClFN5O2/c1-8-12-10(7-26-8)15(12)24-17(25)14-13(20-22-24)16(18)23(21-14)6-9-4-2-3-5-11(9)19/h2-5,8,10,12,15H,6-7H2,1H3/t8-,10+,12-,15-/m0/s1. The summed E-state index contributed by atoms with van der Waals surface area (Å²) in [4.78, 5) is 12.8. The highest BCUT2D eigenvalue weighted by Gasteiger charge is 2.60. The van der Waals surface area contributed by atoms with E-state index in [1.807, 2.05) is 6.92 Å². The molecule has 0 N–H and O–H groups in total. The van der Waals surface area contributed by atoms with Crippen molar-refractivity contribution in [2.45, 2.75) is 25.6 Å². The maximum Gasteiger partial charge on any atom is 0.298 e. The molecule has 2 aliphatic rings. The molecular formula is C17H15ClFN5O2. The summed E-state index contributed by atoms with van der Waals surface area (Å²) in [6.07, 6.45) is 0.108. The third-order valence-electron chi connectivity index (χ3n) is 5.36. The number of hydrogen-bond donors (Lipinski definition) is 0. The van der Waals surface area contributed by atoms with Crippen LogP contribution >= 0.6 is 11.6 Å². The van der Waals surface area contributed by atoms with E-state index in [4.69, 9.17) is 16.3 Å². The fourth-order valence-corrected chi connectivity index (χ4v) is 4.15. The molecule has 5 rings (SSSR count). The first kappa shape index (κ1) is 15.9. The first-order valence-corrected chi connectivity index (χ1v) is 8.80. The molecule has 1 saturated heterocycles. The molecule has 9 heteroatoms. The van der Waals surface area contributed by atoms with E-state index >= 15 is 0 Å². The molecule has 0 radical (unpaired) electrons. The smallest absolute Gasteiger partial charge is 0.298 e. The first-order valence-electron chi connectivity index (χ1n) is 8.43. The van der Waals surface area contributed by atoms with Crippen LogP contribution in [-0.4, -0.2) is 37.5 Å². The number of benzene rings is 1. The second-order valence-corrected chi connectivity index (χ2v) is 7.20. The Kier molecular flexibility index (Phi) is 3.42. The average Bonchev–Trinajstić information content (AvgIpc) is 3.09. The summed E-state index contributed by atoms with van der Waals surface area (Å²) in [6, 6.07) is 6.36. The van der Waals surface area contributed by atoms with Gasteiger partial charge in [0.2, 0.25) is 0 Å². The van der Waals surface area contributed by atoms with Crippen LogP contribution in [0.1, 0.15) is 18.5 Å². The molecule has 1 aliphatic heterocycles. The normalized spacial score (nSPS) is 27.0. The van der Waals surface area contributed by atoms with E-state index < -0.39 is 0 Å². The van der Waals surface area contributed by atoms with Crippen LogP contribution in [0.2, 0.25) is 5.15 Å². The first-order chi connectivity index (χ1) is 12.6. The molecule has 0 unspecified atom stereocenters. The second kappa shape index (κ2) is 5.59. The molecule has 4 atom stereocenters. The van der Waals surface area contributed by atoms with Gasteiger partial charge in [-0.1, -0.05) is 35.0 Å². The van der Waals surface area contributed by atoms with E-state index in [0.29, 0.717) is 18.1 Å². The number of aromatic nitrogens is 5. The van der Waals surface area contributed by atoms with Gasteiger partial charge in [-0.05, 0) is 13.0 Å². The van der Waals surface area contributed by atoms with Crippen molar-refractivity contribution >= 4 is 22.6 Å². The summed E-state index contributed by atoms with van der Waals surface area (Å²) in [7, 11) is 0. The molecule has 3 aromatic rings. The van der Waals surface area contributed by atoms with Gasteiger partial charge in [0.15, 0.2) is 16.2 Å². The molecular weight excluding hydrogens is 361 g/mol. The van der Waals surface area contributed by atoms with Crippen LogP contribution in [0, 0.1) is 17.7 Å². The van der Waals surface area contributed by atoms with Gasteiger partial charge in [0.1, 0.15) is 5.82 Å². The topological polar surface area (TPSA) is 74.8 Å². The minimum atomic E-state index is -0.355. The summed E-state index contributed by atoms with van der Waals surface area (Å²) in [5.41, 5.74) is 0.494. The second-order valence-electron chi connectivity index (χ2n) is 6.85. The molecule has 3 heterocycles. The van der Waals surface area contributed by atoms with Gasteiger partial charge < -0.3 is 4.74 Å². The zero-order valence-electron chi connectivity index (χ0n) is 13.8. The van der Waals surface area contributed by atoms with E-state index in [1.54, 1.807) is 18.2 Å². The van der Waals surface area contributed by atoms with Gasteiger partial charge in [0.05, 0.1) is 25.3 Å². The highest BCUT2D eigenvalue weighted by atomic mass is 35.5. The predicted molar refractivity (Wildman–Crippen MR) is 91.5 cm³/mol. The largest absolute Gasteiger partial charge is 0.378 e. The van der Waals surface area contributed by atoms with Crippen molar-refractivity contribution in [1.29, 1.82) is 0 Å². The summed E-state index contributed by atoms with van der Waals surface area (Å²) < 4.78 is 22.2. The zero-order valence-corrected chi connectivity index (χ0v) is 14.6. The Morgan fingerprint density at radius 3 is 2.88 bits per heavy atom. The van der Waals surface area contributed by atoms with Crippen molar-refractivity contribution in [1.82, 2.24) is 24.8 Å². The molecule has 0 bridgehead atoms. The molecule has 0 spiro atoms. The van der Waals surface area contributed by atoms with Gasteiger partial charge in [-0.25, -0.2) is 13.8 Å². The van der Waals surface area contributed by atoms with Crippen molar-refractivity contribution in [3.05, 3.63) is 51.2 Å². The third-order valence-corrected chi connectivity index (χ3v) is 5.73. The zero-order chi connectivity index (χ0) is 18.0. The van der Waals surface area contributed by atoms with Crippen LogP contribution in [0.5, 0.6) is 0 Å². The molecule has 1 saturated carbocycles. The lowest BCUT2D eigenvalue weighted by Gasteiger charge is -2.10. The van der Waals surface area contributed by atoms with Crippen molar-refractivity contribution in [3.8, 4) is 0 Å². The molecule has 26 heavy (non-hydrogen) atoms. The van der Waals surface area contributed by atoms with E-state index in [9.17, 15) is 9.18 Å². The van der Waals surface area contributed by atoms with Crippen LogP contribution in [0.4, 0.5) is 4.39 Å². The Labute approximate surface area is 152 Å². The molecule has 2 fully saturated rings. The SMILES string of the molecule is C[C@@H]1OC[C@@H]2[C@H]1[C@H]2n1nnc2c(Cl)n(Cc3ccccc3F)nc2c1=O. The highest BCUT2D eigenvalue weighted by Crippen LogP contribution is 2.56. The van der Waals surface area contributed by atoms with Crippen LogP contribution < -0.4 is 5.56 Å². The minimum absolute atomic E-state index is 0.00126. The van der Waals surface area contributed by atoms with Crippen molar-refractivity contribution in [2.24, 2.45) is 11.8 Å². The molecule has 1 aromatic carbocycles. The molecule has 134 valence electrons. The summed E-state index contributed by atoms with van der Waals surface area (Å²) in [5, 5.41) is 12.6. The summed E-state index contributed by atoms with van der Waals surface area (Å²) >= 11 is 6.31. The fraction of sp³-hybridized carbons (Fsp3) is 0.412. The van der Waals surface area contributed by atoms with Crippen LogP contribution in [0.3, 0.4) is 0 Å². The van der Waals surface area contributed by atoms with Crippen molar-refractivity contribution in [3.63, 3.8) is 0 Å². The number of rotatable bonds is 3. The quantitative estimate of drug-likeness (QED) is 0.700. The molecule has 0 amide bonds. The Bertz CT molecular complexity index is 1080. The number of nitrogens with zero attached hydrogens (tertiary/aromatic N) is 5. The van der Waals surface area contributed by atoms with E-state index in [-0.39, 0.29) is 52.2 Å². The van der Waals surface area contributed by atoms with E-state index in [1.165, 1.54) is 15.4 Å². The molecule has 7 nitrogen and oxygen atoms in total. The van der Waals surface area contributed by atoms with E-state index in [2.05, 4.69) is 15.4 Å². The maximum absolute atomic E-state index is 13.9. The lowest BCUT2D eigenvalue weighted by Crippen LogP contribution is -2.27. The Morgan fingerprint density at radius 1 is 1.35 bits per heavy atom. The monoisotopic (exact) mass is 375 g/mol. The van der Waals surface area contributed by atoms with Crippen LogP contribution in [0.15, 0.2) is 29.1 Å². The maximum atomic E-state index is 13.9. The van der Waals surface area contributed by atoms with Gasteiger partial charge in [-0.3, -0.25) is 4.79 Å². The summed E-state index contributed by atoms with van der Waals surface area (Å²) in [5.74, 6) is 0.229. The van der Waals surface area contributed by atoms with Gasteiger partial charge >= 0.3 is 0 Å². The summed E-state index contributed by atoms with van der Waals surface area (Å²) in [6.45, 7) is 2.74. The minimum Gasteiger partial charge on any atom is -0.378 e. The number of ether oxygens (including phenoxy) is 1. The molecule has 2 aromatic heterocycles. The number of fused-ring (bicyclic) bond motifs is 2. The van der Waals surface area contributed by atoms with Gasteiger partial charge in [-0.2, -0.15) is 5.10 Å². The van der Waals surface area contributed by atoms with Gasteiger partial charge in [0, 0.05) is 17.4 Å². The Hall–Kier alpha value is -2.32. The fourth-order valence-electron chi connectivity index (χ4n) is 3.93. The lowest BCUT2D eigenvalue weighted by atomic mass is 10.2. The number of hydrogen-bond acceptors (Lipinski definition) is 5. The Balaban J connectivity index is 1.55. The third kappa shape index (κ3) is 2.22. The van der Waals surface area contributed by atoms with Crippen molar-refractivity contribution in [2.75, 3.05) is 6.61 Å².